The Labute approximate surface area is 98.8 Å². The number of halogens is 2. The highest BCUT2D eigenvalue weighted by atomic mass is 19.3. The van der Waals surface area contributed by atoms with Crippen LogP contribution in [0.3, 0.4) is 0 Å². The Balaban J connectivity index is 3.07. The van der Waals surface area contributed by atoms with E-state index in [0.717, 1.165) is 0 Å². The molecule has 0 saturated heterocycles. The molecule has 3 nitrogen and oxygen atoms in total. The summed E-state index contributed by atoms with van der Waals surface area (Å²) >= 11 is 0. The Morgan fingerprint density at radius 1 is 1.24 bits per heavy atom. The van der Waals surface area contributed by atoms with E-state index < -0.39 is 6.08 Å². The zero-order chi connectivity index (χ0) is 12.8. The van der Waals surface area contributed by atoms with Crippen molar-refractivity contribution >= 4 is 0 Å². The summed E-state index contributed by atoms with van der Waals surface area (Å²) in [5, 5.41) is 0. The lowest BCUT2D eigenvalue weighted by atomic mass is 10.0. The van der Waals surface area contributed by atoms with Gasteiger partial charge in [-0.1, -0.05) is 0 Å². The second-order valence-corrected chi connectivity index (χ2v) is 3.42. The number of benzene rings is 1. The van der Waals surface area contributed by atoms with Gasteiger partial charge in [-0.2, -0.15) is 8.78 Å². The molecule has 1 aromatic rings. The lowest BCUT2D eigenvalue weighted by molar-refractivity contribution is 0.395. The molecule has 0 aliphatic heterocycles. The van der Waals surface area contributed by atoms with Crippen molar-refractivity contribution in [3.8, 4) is 11.5 Å². The maximum absolute atomic E-state index is 12.5. The maximum atomic E-state index is 12.5. The molecule has 0 bridgehead atoms. The third-order valence-electron chi connectivity index (χ3n) is 2.41. The molecule has 0 aromatic heterocycles. The van der Waals surface area contributed by atoms with Crippen LogP contribution in [0.25, 0.3) is 0 Å². The fourth-order valence-corrected chi connectivity index (χ4v) is 1.47. The normalized spacial score (nSPS) is 9.94. The molecular formula is C12H15F2NO2. The second-order valence-electron chi connectivity index (χ2n) is 3.42. The van der Waals surface area contributed by atoms with Gasteiger partial charge in [0.2, 0.25) is 0 Å². The topological polar surface area (TPSA) is 44.5 Å². The average Bonchev–Trinajstić information content (AvgIpc) is 2.35. The van der Waals surface area contributed by atoms with E-state index in [4.69, 9.17) is 15.2 Å². The first kappa shape index (κ1) is 13.4. The summed E-state index contributed by atoms with van der Waals surface area (Å²) < 4.78 is 35.2. The molecule has 0 spiro atoms. The first-order chi connectivity index (χ1) is 8.12. The number of ether oxygens (including phenoxy) is 2. The van der Waals surface area contributed by atoms with E-state index in [0.29, 0.717) is 17.1 Å². The maximum Gasteiger partial charge on any atom is 0.271 e. The van der Waals surface area contributed by atoms with Gasteiger partial charge in [0.25, 0.3) is 6.08 Å². The molecule has 2 N–H and O–H groups in total. The molecule has 5 heteroatoms. The summed E-state index contributed by atoms with van der Waals surface area (Å²) in [6, 6.07) is 5.05. The standard InChI is InChI=1S/C12H15F2NO2/c1-16-10-3-4-11(17-2)8(6-10)5-9(7-15)12(13)14/h3-4,6H,5,7,15H2,1-2H3. The Bertz CT molecular complexity index is 415. The van der Waals surface area contributed by atoms with E-state index in [1.807, 2.05) is 0 Å². The molecule has 0 atom stereocenters. The second kappa shape index (κ2) is 6.20. The van der Waals surface area contributed by atoms with Crippen molar-refractivity contribution in [3.05, 3.63) is 35.4 Å². The molecule has 0 amide bonds. The summed E-state index contributed by atoms with van der Waals surface area (Å²) in [5.74, 6) is 1.13. The van der Waals surface area contributed by atoms with Gasteiger partial charge in [-0.25, -0.2) is 0 Å². The van der Waals surface area contributed by atoms with Crippen molar-refractivity contribution in [3.63, 3.8) is 0 Å². The highest BCUT2D eigenvalue weighted by Crippen LogP contribution is 2.27. The van der Waals surface area contributed by atoms with Gasteiger partial charge in [-0.15, -0.1) is 0 Å². The van der Waals surface area contributed by atoms with Crippen LogP contribution in [0.1, 0.15) is 5.56 Å². The Kier molecular flexibility index (Phi) is 4.90. The van der Waals surface area contributed by atoms with Crippen LogP contribution < -0.4 is 15.2 Å². The van der Waals surface area contributed by atoms with Crippen LogP contribution in [0, 0.1) is 0 Å². The largest absolute Gasteiger partial charge is 0.497 e. The molecule has 0 aliphatic carbocycles. The van der Waals surface area contributed by atoms with Crippen LogP contribution in [0.4, 0.5) is 8.78 Å². The van der Waals surface area contributed by atoms with Crippen LogP contribution in [0.15, 0.2) is 29.9 Å². The highest BCUT2D eigenvalue weighted by molar-refractivity contribution is 5.42. The fraction of sp³-hybridized carbons (Fsp3) is 0.333. The van der Waals surface area contributed by atoms with E-state index in [2.05, 4.69) is 0 Å². The van der Waals surface area contributed by atoms with Gasteiger partial charge in [0.05, 0.1) is 14.2 Å². The van der Waals surface area contributed by atoms with E-state index in [1.165, 1.54) is 14.2 Å². The quantitative estimate of drug-likeness (QED) is 0.863. The molecule has 0 heterocycles. The SMILES string of the molecule is COc1ccc(OC)c(CC(CN)=C(F)F)c1. The molecule has 0 aliphatic rings. The van der Waals surface area contributed by atoms with Crippen LogP contribution >= 0.6 is 0 Å². The lowest BCUT2D eigenvalue weighted by Crippen LogP contribution is -2.07. The monoisotopic (exact) mass is 243 g/mol. The van der Waals surface area contributed by atoms with Gasteiger partial charge < -0.3 is 15.2 Å². The lowest BCUT2D eigenvalue weighted by Gasteiger charge is -2.11. The fourth-order valence-electron chi connectivity index (χ4n) is 1.47. The summed E-state index contributed by atoms with van der Waals surface area (Å²) in [4.78, 5) is 0. The summed E-state index contributed by atoms with van der Waals surface area (Å²) in [5.41, 5.74) is 5.80. The zero-order valence-corrected chi connectivity index (χ0v) is 9.80. The van der Waals surface area contributed by atoms with E-state index in [-0.39, 0.29) is 18.5 Å². The highest BCUT2D eigenvalue weighted by Gasteiger charge is 2.11. The molecule has 1 aromatic carbocycles. The molecule has 0 unspecified atom stereocenters. The van der Waals surface area contributed by atoms with Crippen molar-refractivity contribution in [1.82, 2.24) is 0 Å². The molecule has 0 radical (unpaired) electrons. The van der Waals surface area contributed by atoms with E-state index in [1.54, 1.807) is 18.2 Å². The molecule has 0 fully saturated rings. The van der Waals surface area contributed by atoms with Crippen molar-refractivity contribution in [2.75, 3.05) is 20.8 Å². The van der Waals surface area contributed by atoms with Crippen LogP contribution in [-0.4, -0.2) is 20.8 Å². The third-order valence-corrected chi connectivity index (χ3v) is 2.41. The van der Waals surface area contributed by atoms with Crippen molar-refractivity contribution in [2.24, 2.45) is 5.73 Å². The molecule has 0 saturated carbocycles. The summed E-state index contributed by atoms with van der Waals surface area (Å²) in [6.45, 7) is -0.178. The predicted octanol–water partition coefficient (Wildman–Crippen LogP) is 2.36. The van der Waals surface area contributed by atoms with Gasteiger partial charge in [0.15, 0.2) is 0 Å². The Morgan fingerprint density at radius 2 is 1.94 bits per heavy atom. The minimum absolute atomic E-state index is 0.0548. The van der Waals surface area contributed by atoms with E-state index in [9.17, 15) is 8.78 Å². The molecule has 1 rings (SSSR count). The van der Waals surface area contributed by atoms with Gasteiger partial charge in [0, 0.05) is 24.1 Å². The summed E-state index contributed by atoms with van der Waals surface area (Å²) in [6.07, 6.45) is -1.68. The molecular weight excluding hydrogens is 228 g/mol. The average molecular weight is 243 g/mol. The minimum Gasteiger partial charge on any atom is -0.497 e. The summed E-state index contributed by atoms with van der Waals surface area (Å²) in [7, 11) is 3.00. The van der Waals surface area contributed by atoms with Crippen LogP contribution in [0.2, 0.25) is 0 Å². The third kappa shape index (κ3) is 3.42. The van der Waals surface area contributed by atoms with Gasteiger partial charge >= 0.3 is 0 Å². The Hall–Kier alpha value is -1.62. The Morgan fingerprint density at radius 3 is 2.41 bits per heavy atom. The number of rotatable bonds is 5. The van der Waals surface area contributed by atoms with Crippen molar-refractivity contribution < 1.29 is 18.3 Å². The van der Waals surface area contributed by atoms with Crippen molar-refractivity contribution in [2.45, 2.75) is 6.42 Å². The number of hydrogen-bond donors (Lipinski definition) is 1. The minimum atomic E-state index is -1.74. The molecule has 94 valence electrons. The number of hydrogen-bond acceptors (Lipinski definition) is 3. The number of nitrogens with two attached hydrogens (primary N) is 1. The zero-order valence-electron chi connectivity index (χ0n) is 9.80. The number of methoxy groups -OCH3 is 2. The smallest absolute Gasteiger partial charge is 0.271 e. The van der Waals surface area contributed by atoms with Crippen molar-refractivity contribution in [1.29, 1.82) is 0 Å². The van der Waals surface area contributed by atoms with Crippen LogP contribution in [0.5, 0.6) is 11.5 Å². The predicted molar refractivity (Wildman–Crippen MR) is 61.5 cm³/mol. The van der Waals surface area contributed by atoms with E-state index >= 15 is 0 Å². The van der Waals surface area contributed by atoms with Gasteiger partial charge in [0.1, 0.15) is 11.5 Å². The van der Waals surface area contributed by atoms with Gasteiger partial charge in [-0.05, 0) is 18.2 Å². The first-order valence-corrected chi connectivity index (χ1v) is 5.06. The van der Waals surface area contributed by atoms with Crippen LogP contribution in [-0.2, 0) is 6.42 Å². The first-order valence-electron chi connectivity index (χ1n) is 5.06. The molecule has 17 heavy (non-hydrogen) atoms. The van der Waals surface area contributed by atoms with Gasteiger partial charge in [-0.3, -0.25) is 0 Å².